The van der Waals surface area contributed by atoms with Crippen LogP contribution in [-0.4, -0.2) is 16.2 Å². The number of alkyl halides is 1. The fourth-order valence-electron chi connectivity index (χ4n) is 2.19. The number of nitrogens with two attached hydrogens (primary N) is 1. The zero-order valence-corrected chi connectivity index (χ0v) is 16.8. The highest BCUT2D eigenvalue weighted by atomic mass is 127. The molecule has 5 nitrogen and oxygen atoms in total. The molecular weight excluding hydrogens is 490 g/mol. The topological polar surface area (TPSA) is 84.2 Å². The van der Waals surface area contributed by atoms with Crippen LogP contribution >= 0.6 is 38.5 Å². The van der Waals surface area contributed by atoms with Crippen LogP contribution in [0.3, 0.4) is 0 Å². The van der Waals surface area contributed by atoms with Crippen molar-refractivity contribution in [3.8, 4) is 0 Å². The molecule has 0 saturated heterocycles. The molecular formula is C16H15BrFIN4O. The summed E-state index contributed by atoms with van der Waals surface area (Å²) in [6, 6.07) is 6.22. The van der Waals surface area contributed by atoms with E-state index in [1.54, 1.807) is 12.1 Å². The molecule has 0 aliphatic carbocycles. The van der Waals surface area contributed by atoms with E-state index in [4.69, 9.17) is 11.1 Å². The molecule has 24 heavy (non-hydrogen) atoms. The average molecular weight is 505 g/mol. The Morgan fingerprint density at radius 3 is 2.58 bits per heavy atom. The second-order valence-electron chi connectivity index (χ2n) is 5.11. The van der Waals surface area contributed by atoms with Crippen molar-refractivity contribution < 1.29 is 9.18 Å². The number of benzene rings is 1. The number of hydrogen-bond acceptors (Lipinski definition) is 4. The molecule has 126 valence electrons. The molecule has 0 aliphatic heterocycles. The van der Waals surface area contributed by atoms with Crippen LogP contribution in [0.5, 0.6) is 0 Å². The molecule has 1 aromatic carbocycles. The Hall–Kier alpha value is -1.55. The van der Waals surface area contributed by atoms with Crippen LogP contribution < -0.4 is 11.2 Å². The predicted molar refractivity (Wildman–Crippen MR) is 105 cm³/mol. The third kappa shape index (κ3) is 3.75. The third-order valence-corrected chi connectivity index (χ3v) is 4.61. The molecule has 0 saturated carbocycles. The molecule has 8 heteroatoms. The van der Waals surface area contributed by atoms with Crippen LogP contribution in [0, 0.1) is 14.8 Å². The molecule has 0 fully saturated rings. The van der Waals surface area contributed by atoms with E-state index >= 15 is 0 Å². The molecule has 0 radical (unpaired) electrons. The van der Waals surface area contributed by atoms with E-state index in [9.17, 15) is 9.18 Å². The van der Waals surface area contributed by atoms with Crippen LogP contribution in [0.2, 0.25) is 0 Å². The monoisotopic (exact) mass is 504 g/mol. The summed E-state index contributed by atoms with van der Waals surface area (Å²) >= 11 is 5.32. The number of nitrogen functional groups attached to an aromatic ring is 1. The van der Waals surface area contributed by atoms with E-state index in [0.717, 1.165) is 3.57 Å². The number of carbonyl (C=O) groups is 1. The summed E-state index contributed by atoms with van der Waals surface area (Å²) in [5.41, 5.74) is 7.28. The van der Waals surface area contributed by atoms with Crippen molar-refractivity contribution in [1.29, 1.82) is 5.41 Å². The largest absolute Gasteiger partial charge is 0.384 e. The Morgan fingerprint density at radius 2 is 2.08 bits per heavy atom. The molecule has 2 aromatic rings. The van der Waals surface area contributed by atoms with Crippen molar-refractivity contribution in [2.45, 2.75) is 19.2 Å². The van der Waals surface area contributed by atoms with Gasteiger partial charge in [-0.05, 0) is 60.7 Å². The number of Topliss-reactive ketones (excluding diaryl/α,β-unsaturated/α-hetero) is 1. The van der Waals surface area contributed by atoms with Crippen molar-refractivity contribution >= 4 is 61.6 Å². The van der Waals surface area contributed by atoms with E-state index in [2.05, 4.69) is 20.9 Å². The Morgan fingerprint density at radius 1 is 1.42 bits per heavy atom. The van der Waals surface area contributed by atoms with Gasteiger partial charge >= 0.3 is 0 Å². The molecule has 0 unspecified atom stereocenters. The molecule has 0 atom stereocenters. The van der Waals surface area contributed by atoms with Gasteiger partial charge in [0.1, 0.15) is 23.2 Å². The van der Waals surface area contributed by atoms with Gasteiger partial charge in [-0.1, -0.05) is 15.9 Å². The first-order valence-corrected chi connectivity index (χ1v) is 9.13. The molecule has 0 aliphatic rings. The van der Waals surface area contributed by atoms with Gasteiger partial charge < -0.3 is 5.73 Å². The molecule has 3 N–H and O–H groups in total. The van der Waals surface area contributed by atoms with Crippen molar-refractivity contribution in [2.75, 3.05) is 5.73 Å². The van der Waals surface area contributed by atoms with Crippen LogP contribution in [0.1, 0.15) is 29.8 Å². The van der Waals surface area contributed by atoms with Crippen molar-refractivity contribution in [3.63, 3.8) is 0 Å². The second-order valence-corrected chi connectivity index (χ2v) is 6.92. The zero-order chi connectivity index (χ0) is 18.0. The summed E-state index contributed by atoms with van der Waals surface area (Å²) in [6.45, 7) is 2.93. The standard InChI is InChI=1S/C16H15BrFIN4O/c1-8(24)12-5-10(7-17)15(21)23(9(2)20)16(12)22-14-4-3-11(19)6-13(14)18/h3-6,20H,7,21H2,1-2H3. The summed E-state index contributed by atoms with van der Waals surface area (Å²) in [5, 5.41) is 8.40. The highest BCUT2D eigenvalue weighted by Gasteiger charge is 2.15. The maximum Gasteiger partial charge on any atom is 0.163 e. The number of ketones is 1. The Bertz CT molecular complexity index is 908. The zero-order valence-electron chi connectivity index (χ0n) is 13.0. The predicted octanol–water partition coefficient (Wildman–Crippen LogP) is 3.99. The van der Waals surface area contributed by atoms with Crippen molar-refractivity contribution in [3.05, 3.63) is 50.3 Å². The minimum Gasteiger partial charge on any atom is -0.384 e. The van der Waals surface area contributed by atoms with E-state index in [1.807, 2.05) is 22.6 Å². The lowest BCUT2D eigenvalue weighted by Crippen LogP contribution is -2.33. The van der Waals surface area contributed by atoms with E-state index in [0.29, 0.717) is 10.9 Å². The van der Waals surface area contributed by atoms with Gasteiger partial charge in [0.25, 0.3) is 0 Å². The van der Waals surface area contributed by atoms with Crippen molar-refractivity contribution in [1.82, 2.24) is 4.57 Å². The molecule has 0 amide bonds. The number of nitrogens with one attached hydrogen (secondary N) is 1. The number of carbonyl (C=O) groups excluding carboxylic acids is 1. The molecule has 0 spiro atoms. The van der Waals surface area contributed by atoms with Gasteiger partial charge in [-0.2, -0.15) is 0 Å². The van der Waals surface area contributed by atoms with Gasteiger partial charge in [0.15, 0.2) is 11.3 Å². The van der Waals surface area contributed by atoms with Crippen LogP contribution in [-0.2, 0) is 5.33 Å². The quantitative estimate of drug-likeness (QED) is 0.218. The van der Waals surface area contributed by atoms with Crippen LogP contribution in [0.4, 0.5) is 15.9 Å². The van der Waals surface area contributed by atoms with Gasteiger partial charge in [0, 0.05) is 14.5 Å². The summed E-state index contributed by atoms with van der Waals surface area (Å²) in [6.07, 6.45) is 0. The SMILES string of the molecule is CC(=N)n1c(N)c(CBr)cc(C(C)=O)c1=Nc1ccc(I)cc1F. The first-order valence-electron chi connectivity index (χ1n) is 6.92. The first-order chi connectivity index (χ1) is 11.3. The van der Waals surface area contributed by atoms with E-state index in [-0.39, 0.29) is 34.2 Å². The molecule has 0 bridgehead atoms. The summed E-state index contributed by atoms with van der Waals surface area (Å²) in [5.74, 6) is -0.373. The first kappa shape index (κ1) is 18.8. The van der Waals surface area contributed by atoms with Gasteiger partial charge in [0.05, 0.1) is 5.56 Å². The third-order valence-electron chi connectivity index (χ3n) is 3.34. The van der Waals surface area contributed by atoms with Crippen molar-refractivity contribution in [2.24, 2.45) is 4.99 Å². The van der Waals surface area contributed by atoms with Gasteiger partial charge in [0.2, 0.25) is 0 Å². The number of pyridine rings is 1. The highest BCUT2D eigenvalue weighted by molar-refractivity contribution is 14.1. The Kier molecular flexibility index (Phi) is 5.92. The van der Waals surface area contributed by atoms with Gasteiger partial charge in [-0.25, -0.2) is 9.38 Å². The van der Waals surface area contributed by atoms with Crippen LogP contribution in [0.15, 0.2) is 29.3 Å². The molecule has 1 aromatic heterocycles. The second kappa shape index (κ2) is 7.56. The Labute approximate surface area is 160 Å². The number of aromatic nitrogens is 1. The number of hydrogen-bond donors (Lipinski definition) is 2. The summed E-state index contributed by atoms with van der Waals surface area (Å²) < 4.78 is 16.3. The molecule has 2 rings (SSSR count). The number of nitrogens with zero attached hydrogens (tertiary/aromatic N) is 2. The smallest absolute Gasteiger partial charge is 0.163 e. The lowest BCUT2D eigenvalue weighted by atomic mass is 10.1. The highest BCUT2D eigenvalue weighted by Crippen LogP contribution is 2.21. The fourth-order valence-corrected chi connectivity index (χ4v) is 3.10. The normalized spacial score (nSPS) is 11.6. The van der Waals surface area contributed by atoms with Crippen LogP contribution in [0.25, 0.3) is 0 Å². The van der Waals surface area contributed by atoms with Gasteiger partial charge in [-0.3, -0.25) is 14.8 Å². The number of anilines is 1. The lowest BCUT2D eigenvalue weighted by molar-refractivity contribution is 0.101. The van der Waals surface area contributed by atoms with E-state index < -0.39 is 5.82 Å². The minimum absolute atomic E-state index is 0.0823. The minimum atomic E-state index is -0.506. The Balaban J connectivity index is 2.94. The van der Waals surface area contributed by atoms with Gasteiger partial charge in [-0.15, -0.1) is 0 Å². The van der Waals surface area contributed by atoms with E-state index in [1.165, 1.54) is 30.5 Å². The fraction of sp³-hybridized carbons (Fsp3) is 0.188. The lowest BCUT2D eigenvalue weighted by Gasteiger charge is -2.15. The average Bonchev–Trinajstić information content (AvgIpc) is 2.49. The summed E-state index contributed by atoms with van der Waals surface area (Å²) in [4.78, 5) is 16.3. The molecule has 1 heterocycles. The summed E-state index contributed by atoms with van der Waals surface area (Å²) in [7, 11) is 0. The number of rotatable bonds is 3. The maximum atomic E-state index is 14.2. The number of halogens is 3. The maximum absolute atomic E-state index is 14.2.